The fourth-order valence-electron chi connectivity index (χ4n) is 4.31. The zero-order valence-corrected chi connectivity index (χ0v) is 17.5. The minimum Gasteiger partial charge on any atom is -0.311 e. The van der Waals surface area contributed by atoms with Gasteiger partial charge in [0.05, 0.1) is 12.2 Å². The van der Waals surface area contributed by atoms with E-state index in [9.17, 15) is 22.8 Å². The van der Waals surface area contributed by atoms with Gasteiger partial charge < -0.3 is 9.80 Å². The third-order valence-corrected chi connectivity index (χ3v) is 7.23. The largest absolute Gasteiger partial charge is 0.311 e. The van der Waals surface area contributed by atoms with Crippen LogP contribution in [-0.2, 0) is 16.2 Å². The van der Waals surface area contributed by atoms with Crippen LogP contribution < -0.4 is 4.90 Å². The number of amides is 2. The third-order valence-electron chi connectivity index (χ3n) is 5.82. The molecule has 8 heteroatoms. The van der Waals surface area contributed by atoms with E-state index < -0.39 is 34.1 Å². The minimum atomic E-state index is -1.34. The van der Waals surface area contributed by atoms with Gasteiger partial charge in [-0.2, -0.15) is 0 Å². The van der Waals surface area contributed by atoms with Crippen molar-refractivity contribution in [3.63, 3.8) is 0 Å². The number of nitrogens with zero attached hydrogens (tertiary/aromatic N) is 2. The Morgan fingerprint density at radius 2 is 1.62 bits per heavy atom. The van der Waals surface area contributed by atoms with Gasteiger partial charge in [-0.25, -0.2) is 13.2 Å². The summed E-state index contributed by atoms with van der Waals surface area (Å²) in [4.78, 5) is 28.6. The van der Waals surface area contributed by atoms with Crippen LogP contribution >= 0.6 is 11.8 Å². The Morgan fingerprint density at radius 1 is 0.938 bits per heavy atom. The lowest BCUT2D eigenvalue weighted by atomic mass is 10.0. The summed E-state index contributed by atoms with van der Waals surface area (Å²) in [6.45, 7) is 0.0120. The molecule has 2 heterocycles. The highest BCUT2D eigenvalue weighted by molar-refractivity contribution is 8.01. The highest BCUT2D eigenvalue weighted by Crippen LogP contribution is 2.54. The first kappa shape index (κ1) is 20.6. The summed E-state index contributed by atoms with van der Waals surface area (Å²) < 4.78 is 42.1. The van der Waals surface area contributed by atoms with Crippen LogP contribution in [0.1, 0.15) is 21.5 Å². The summed E-state index contributed by atoms with van der Waals surface area (Å²) in [5.74, 6) is -2.28. The van der Waals surface area contributed by atoms with Crippen molar-refractivity contribution in [3.05, 3.63) is 101 Å². The van der Waals surface area contributed by atoms with E-state index in [1.165, 1.54) is 51.9 Å². The first-order valence-electron chi connectivity index (χ1n) is 9.99. The Kier molecular flexibility index (Phi) is 4.97. The van der Waals surface area contributed by atoms with Gasteiger partial charge in [-0.1, -0.05) is 24.3 Å². The number of benzene rings is 3. The zero-order valence-electron chi connectivity index (χ0n) is 16.7. The van der Waals surface area contributed by atoms with Gasteiger partial charge in [0.15, 0.2) is 4.87 Å². The molecule has 0 radical (unpaired) electrons. The molecule has 0 saturated carbocycles. The molecule has 4 nitrogen and oxygen atoms in total. The molecular weight excluding hydrogens is 437 g/mol. The SMILES string of the molecule is O=C(c1ccc(F)cc1)N1CCS[C@@]12C(=O)N(Cc1c(F)cccc1F)c1ccccc12. The maximum atomic E-state index is 14.4. The van der Waals surface area contributed by atoms with Gasteiger partial charge in [-0.15, -0.1) is 11.8 Å². The summed E-state index contributed by atoms with van der Waals surface area (Å²) in [5.41, 5.74) is 1.15. The van der Waals surface area contributed by atoms with E-state index in [0.717, 1.165) is 12.1 Å². The van der Waals surface area contributed by atoms with Crippen LogP contribution in [0.3, 0.4) is 0 Å². The fraction of sp³-hybridized carbons (Fsp3) is 0.167. The van der Waals surface area contributed by atoms with Crippen LogP contribution in [0, 0.1) is 17.5 Å². The van der Waals surface area contributed by atoms with E-state index in [4.69, 9.17) is 0 Å². The van der Waals surface area contributed by atoms with Crippen molar-refractivity contribution in [1.82, 2.24) is 4.90 Å². The summed E-state index contributed by atoms with van der Waals surface area (Å²) in [7, 11) is 0. The molecule has 1 fully saturated rings. The number of thioether (sulfide) groups is 1. The third kappa shape index (κ3) is 3.01. The quantitative estimate of drug-likeness (QED) is 0.577. The molecule has 0 N–H and O–H groups in total. The fourth-order valence-corrected chi connectivity index (χ4v) is 5.78. The van der Waals surface area contributed by atoms with Crippen molar-refractivity contribution in [2.24, 2.45) is 0 Å². The zero-order chi connectivity index (χ0) is 22.5. The highest BCUT2D eigenvalue weighted by atomic mass is 32.2. The molecule has 162 valence electrons. The highest BCUT2D eigenvalue weighted by Gasteiger charge is 2.59. The molecule has 0 aromatic heterocycles. The molecule has 0 bridgehead atoms. The number of para-hydroxylation sites is 1. The van der Waals surface area contributed by atoms with Crippen LogP contribution in [0.15, 0.2) is 66.7 Å². The monoisotopic (exact) mass is 454 g/mol. The predicted molar refractivity (Wildman–Crippen MR) is 116 cm³/mol. The number of anilines is 1. The maximum Gasteiger partial charge on any atom is 0.268 e. The lowest BCUT2D eigenvalue weighted by Crippen LogP contribution is -2.50. The molecule has 0 aliphatic carbocycles. The number of rotatable bonds is 3. The van der Waals surface area contributed by atoms with E-state index in [0.29, 0.717) is 23.5 Å². The second-order valence-corrected chi connectivity index (χ2v) is 8.85. The number of halogens is 3. The van der Waals surface area contributed by atoms with Gasteiger partial charge in [0.1, 0.15) is 17.5 Å². The second-order valence-electron chi connectivity index (χ2n) is 7.56. The molecule has 5 rings (SSSR count). The molecule has 1 saturated heterocycles. The number of fused-ring (bicyclic) bond motifs is 2. The first-order valence-corrected chi connectivity index (χ1v) is 11.0. The van der Waals surface area contributed by atoms with Gasteiger partial charge in [0.2, 0.25) is 0 Å². The van der Waals surface area contributed by atoms with Gasteiger partial charge in [-0.3, -0.25) is 9.59 Å². The average molecular weight is 454 g/mol. The molecule has 2 aliphatic rings. The van der Waals surface area contributed by atoms with Crippen LogP contribution in [0.2, 0.25) is 0 Å². The summed E-state index contributed by atoms with van der Waals surface area (Å²) >= 11 is 1.31. The predicted octanol–water partition coefficient (Wildman–Crippen LogP) is 4.69. The van der Waals surface area contributed by atoms with Gasteiger partial charge >= 0.3 is 0 Å². The van der Waals surface area contributed by atoms with Crippen LogP contribution in [0.5, 0.6) is 0 Å². The van der Waals surface area contributed by atoms with Crippen molar-refractivity contribution in [2.45, 2.75) is 11.4 Å². The molecule has 32 heavy (non-hydrogen) atoms. The van der Waals surface area contributed by atoms with Crippen molar-refractivity contribution >= 4 is 29.3 Å². The summed E-state index contributed by atoms with van der Waals surface area (Å²) in [5, 5.41) is 0. The first-order chi connectivity index (χ1) is 15.4. The number of carbonyl (C=O) groups excluding carboxylic acids is 2. The number of hydrogen-bond acceptors (Lipinski definition) is 3. The second kappa shape index (κ2) is 7.70. The number of hydrogen-bond donors (Lipinski definition) is 0. The molecule has 2 amide bonds. The lowest BCUT2D eigenvalue weighted by Gasteiger charge is -2.33. The average Bonchev–Trinajstić information content (AvgIpc) is 3.33. The Bertz CT molecular complexity index is 1210. The standard InChI is InChI=1S/C24H17F3N2O2S/c25-16-10-8-15(9-11-16)22(30)29-12-13-32-24(29)18-4-1-2-7-21(18)28(23(24)31)14-17-19(26)5-3-6-20(17)27/h1-11H,12-14H2/t24-/m0/s1. The smallest absolute Gasteiger partial charge is 0.268 e. The molecule has 2 aliphatic heterocycles. The molecule has 1 atom stereocenters. The van der Waals surface area contributed by atoms with E-state index in [2.05, 4.69) is 0 Å². The van der Waals surface area contributed by atoms with Crippen molar-refractivity contribution < 1.29 is 22.8 Å². The minimum absolute atomic E-state index is 0.216. The molecular formula is C24H17F3N2O2S. The van der Waals surface area contributed by atoms with E-state index in [1.54, 1.807) is 24.3 Å². The molecule has 1 spiro atoms. The van der Waals surface area contributed by atoms with Crippen LogP contribution in [0.25, 0.3) is 0 Å². The lowest BCUT2D eigenvalue weighted by molar-refractivity contribution is -0.123. The van der Waals surface area contributed by atoms with Gasteiger partial charge in [0.25, 0.3) is 11.8 Å². The van der Waals surface area contributed by atoms with E-state index >= 15 is 0 Å². The van der Waals surface area contributed by atoms with E-state index in [-0.39, 0.29) is 17.7 Å². The molecule has 0 unspecified atom stereocenters. The number of carbonyl (C=O) groups is 2. The Hall–Kier alpha value is -3.26. The Balaban J connectivity index is 1.59. The van der Waals surface area contributed by atoms with Gasteiger partial charge in [0, 0.05) is 29.0 Å². The molecule has 3 aromatic carbocycles. The molecule has 3 aromatic rings. The van der Waals surface area contributed by atoms with Crippen molar-refractivity contribution in [1.29, 1.82) is 0 Å². The Morgan fingerprint density at radius 3 is 2.34 bits per heavy atom. The summed E-state index contributed by atoms with van der Waals surface area (Å²) in [6, 6.07) is 15.7. The topological polar surface area (TPSA) is 40.6 Å². The van der Waals surface area contributed by atoms with Crippen molar-refractivity contribution in [2.75, 3.05) is 17.2 Å². The van der Waals surface area contributed by atoms with Crippen LogP contribution in [-0.4, -0.2) is 29.0 Å². The van der Waals surface area contributed by atoms with E-state index in [1.807, 2.05) is 0 Å². The van der Waals surface area contributed by atoms with Crippen molar-refractivity contribution in [3.8, 4) is 0 Å². The Labute approximate surface area is 186 Å². The summed E-state index contributed by atoms with van der Waals surface area (Å²) in [6.07, 6.45) is 0. The normalized spacial score (nSPS) is 19.7. The van der Waals surface area contributed by atoms with Crippen LogP contribution in [0.4, 0.5) is 18.9 Å². The van der Waals surface area contributed by atoms with Gasteiger partial charge in [-0.05, 0) is 42.5 Å². The maximum absolute atomic E-state index is 14.4.